The molecule has 1 saturated heterocycles. The van der Waals surface area contributed by atoms with E-state index in [2.05, 4.69) is 5.10 Å². The molecule has 1 aromatic carbocycles. The first-order valence-electron chi connectivity index (χ1n) is 8.00. The smallest absolute Gasteiger partial charge is 0.270 e. The summed E-state index contributed by atoms with van der Waals surface area (Å²) in [6.45, 7) is 1.61. The first-order valence-corrected chi connectivity index (χ1v) is 8.00. The molecule has 0 aliphatic carbocycles. The number of carbonyl (C=O) groups excluding carboxylic acids is 2. The zero-order chi connectivity index (χ0) is 15.4. The number of anilines is 1. The molecule has 0 aromatic heterocycles. The molecule has 0 radical (unpaired) electrons. The molecule has 2 heterocycles. The second kappa shape index (κ2) is 6.73. The third-order valence-electron chi connectivity index (χ3n) is 4.17. The Hall–Kier alpha value is -2.17. The quantitative estimate of drug-likeness (QED) is 0.843. The van der Waals surface area contributed by atoms with Gasteiger partial charge in [0.25, 0.3) is 5.91 Å². The maximum Gasteiger partial charge on any atom is 0.270 e. The third-order valence-corrected chi connectivity index (χ3v) is 4.17. The van der Waals surface area contributed by atoms with E-state index in [1.54, 1.807) is 0 Å². The van der Waals surface area contributed by atoms with Gasteiger partial charge in [0.05, 0.1) is 5.69 Å². The SMILES string of the molecule is O=C(C1=NN(c2ccccc2)C(=O)CC1)N1CCCCCC1. The summed E-state index contributed by atoms with van der Waals surface area (Å²) in [4.78, 5) is 26.6. The summed E-state index contributed by atoms with van der Waals surface area (Å²) in [5, 5.41) is 5.72. The molecule has 2 aliphatic rings. The maximum atomic E-state index is 12.6. The minimum absolute atomic E-state index is 0.00432. The molecule has 2 aliphatic heterocycles. The lowest BCUT2D eigenvalue weighted by Crippen LogP contribution is -2.42. The number of hydrazone groups is 1. The summed E-state index contributed by atoms with van der Waals surface area (Å²) in [5.41, 5.74) is 1.22. The largest absolute Gasteiger partial charge is 0.338 e. The summed E-state index contributed by atoms with van der Waals surface area (Å²) in [6, 6.07) is 9.29. The number of rotatable bonds is 2. The molecule has 5 nitrogen and oxygen atoms in total. The second-order valence-corrected chi connectivity index (χ2v) is 5.79. The van der Waals surface area contributed by atoms with Gasteiger partial charge in [-0.3, -0.25) is 9.59 Å². The Balaban J connectivity index is 1.80. The maximum absolute atomic E-state index is 12.6. The molecule has 0 bridgehead atoms. The van der Waals surface area contributed by atoms with Crippen molar-refractivity contribution < 1.29 is 9.59 Å². The normalized spacial score (nSPS) is 19.6. The van der Waals surface area contributed by atoms with Crippen LogP contribution in [0.15, 0.2) is 35.4 Å². The highest BCUT2D eigenvalue weighted by molar-refractivity contribution is 6.40. The molecular formula is C17H21N3O2. The van der Waals surface area contributed by atoms with Gasteiger partial charge in [-0.1, -0.05) is 31.0 Å². The van der Waals surface area contributed by atoms with Crippen LogP contribution in [0.25, 0.3) is 0 Å². The third kappa shape index (κ3) is 3.18. The molecule has 22 heavy (non-hydrogen) atoms. The van der Waals surface area contributed by atoms with Gasteiger partial charge in [-0.15, -0.1) is 0 Å². The van der Waals surface area contributed by atoms with Gasteiger partial charge >= 0.3 is 0 Å². The lowest BCUT2D eigenvalue weighted by Gasteiger charge is -2.26. The number of hydrogen-bond donors (Lipinski definition) is 0. The van der Waals surface area contributed by atoms with Gasteiger partial charge in [0, 0.05) is 25.9 Å². The summed E-state index contributed by atoms with van der Waals surface area (Å²) < 4.78 is 0. The Kier molecular flexibility index (Phi) is 4.51. The van der Waals surface area contributed by atoms with Crippen molar-refractivity contribution in [2.75, 3.05) is 18.1 Å². The topological polar surface area (TPSA) is 53.0 Å². The summed E-state index contributed by atoms with van der Waals surface area (Å²) in [5.74, 6) is -0.0612. The summed E-state index contributed by atoms with van der Waals surface area (Å²) in [6.07, 6.45) is 5.27. The number of hydrogen-bond acceptors (Lipinski definition) is 3. The van der Waals surface area contributed by atoms with Crippen LogP contribution < -0.4 is 5.01 Å². The molecular weight excluding hydrogens is 278 g/mol. The number of benzene rings is 1. The molecule has 1 fully saturated rings. The molecule has 3 rings (SSSR count). The zero-order valence-corrected chi connectivity index (χ0v) is 12.7. The van der Waals surface area contributed by atoms with Gasteiger partial charge in [0.2, 0.25) is 5.91 Å². The van der Waals surface area contributed by atoms with Crippen molar-refractivity contribution in [3.8, 4) is 0 Å². The highest BCUT2D eigenvalue weighted by atomic mass is 16.2. The molecule has 1 aromatic rings. The van der Waals surface area contributed by atoms with Gasteiger partial charge in [-0.25, -0.2) is 5.01 Å². The fourth-order valence-corrected chi connectivity index (χ4v) is 2.93. The van der Waals surface area contributed by atoms with Gasteiger partial charge in [-0.05, 0) is 25.0 Å². The van der Waals surface area contributed by atoms with E-state index >= 15 is 0 Å². The lowest BCUT2D eigenvalue weighted by atomic mass is 10.1. The van der Waals surface area contributed by atoms with Crippen LogP contribution in [-0.2, 0) is 9.59 Å². The molecule has 0 atom stereocenters. The Morgan fingerprint density at radius 3 is 2.32 bits per heavy atom. The first-order chi connectivity index (χ1) is 10.8. The highest BCUT2D eigenvalue weighted by Crippen LogP contribution is 2.21. The fourth-order valence-electron chi connectivity index (χ4n) is 2.93. The van der Waals surface area contributed by atoms with E-state index in [9.17, 15) is 9.59 Å². The highest BCUT2D eigenvalue weighted by Gasteiger charge is 2.28. The molecule has 0 N–H and O–H groups in total. The molecule has 5 heteroatoms. The molecule has 2 amide bonds. The standard InChI is InChI=1S/C17H21N3O2/c21-16-11-10-15(17(22)19-12-6-1-2-7-13-19)18-20(16)14-8-4-3-5-9-14/h3-5,8-9H,1-2,6-7,10-13H2. The van der Waals surface area contributed by atoms with Gasteiger partial charge < -0.3 is 4.90 Å². The van der Waals surface area contributed by atoms with Crippen molar-refractivity contribution in [2.45, 2.75) is 38.5 Å². The number of likely N-dealkylation sites (tertiary alicyclic amines) is 1. The fraction of sp³-hybridized carbons (Fsp3) is 0.471. The Labute approximate surface area is 130 Å². The molecule has 0 saturated carbocycles. The Bertz CT molecular complexity index is 575. The number of para-hydroxylation sites is 1. The zero-order valence-electron chi connectivity index (χ0n) is 12.7. The van der Waals surface area contributed by atoms with Crippen LogP contribution in [0.2, 0.25) is 0 Å². The van der Waals surface area contributed by atoms with Crippen molar-refractivity contribution >= 4 is 23.2 Å². The lowest BCUT2D eigenvalue weighted by molar-refractivity contribution is -0.124. The van der Waals surface area contributed by atoms with Crippen molar-refractivity contribution in [2.24, 2.45) is 5.10 Å². The van der Waals surface area contributed by atoms with Crippen LogP contribution in [0.4, 0.5) is 5.69 Å². The monoisotopic (exact) mass is 299 g/mol. The number of nitrogens with zero attached hydrogens (tertiary/aromatic N) is 3. The van der Waals surface area contributed by atoms with Crippen LogP contribution >= 0.6 is 0 Å². The van der Waals surface area contributed by atoms with E-state index in [1.807, 2.05) is 35.2 Å². The predicted octanol–water partition coefficient (Wildman–Crippen LogP) is 2.57. The van der Waals surface area contributed by atoms with Crippen molar-refractivity contribution in [3.05, 3.63) is 30.3 Å². The Morgan fingerprint density at radius 1 is 0.955 bits per heavy atom. The van der Waals surface area contributed by atoms with Gasteiger partial charge in [0.15, 0.2) is 0 Å². The van der Waals surface area contributed by atoms with Crippen molar-refractivity contribution in [1.29, 1.82) is 0 Å². The van der Waals surface area contributed by atoms with E-state index in [4.69, 9.17) is 0 Å². The van der Waals surface area contributed by atoms with Crippen LogP contribution in [0.1, 0.15) is 38.5 Å². The van der Waals surface area contributed by atoms with E-state index in [0.717, 1.165) is 25.9 Å². The van der Waals surface area contributed by atoms with E-state index in [-0.39, 0.29) is 11.8 Å². The van der Waals surface area contributed by atoms with Gasteiger partial charge in [-0.2, -0.15) is 5.10 Å². The second-order valence-electron chi connectivity index (χ2n) is 5.79. The Morgan fingerprint density at radius 2 is 1.64 bits per heavy atom. The van der Waals surface area contributed by atoms with Crippen LogP contribution in [0.3, 0.4) is 0 Å². The predicted molar refractivity (Wildman–Crippen MR) is 85.6 cm³/mol. The first kappa shape index (κ1) is 14.8. The van der Waals surface area contributed by atoms with E-state index in [0.29, 0.717) is 24.2 Å². The van der Waals surface area contributed by atoms with Crippen LogP contribution in [0, 0.1) is 0 Å². The summed E-state index contributed by atoms with van der Waals surface area (Å²) in [7, 11) is 0. The van der Waals surface area contributed by atoms with Crippen molar-refractivity contribution in [1.82, 2.24) is 4.90 Å². The minimum atomic E-state index is -0.0568. The van der Waals surface area contributed by atoms with Crippen molar-refractivity contribution in [3.63, 3.8) is 0 Å². The van der Waals surface area contributed by atoms with E-state index in [1.165, 1.54) is 17.9 Å². The van der Waals surface area contributed by atoms with Crippen LogP contribution in [-0.4, -0.2) is 35.5 Å². The molecule has 0 unspecified atom stereocenters. The molecule has 0 spiro atoms. The van der Waals surface area contributed by atoms with Gasteiger partial charge in [0.1, 0.15) is 5.71 Å². The average molecular weight is 299 g/mol. The number of amides is 2. The minimum Gasteiger partial charge on any atom is -0.338 e. The van der Waals surface area contributed by atoms with Crippen LogP contribution in [0.5, 0.6) is 0 Å². The van der Waals surface area contributed by atoms with E-state index < -0.39 is 0 Å². The number of carbonyl (C=O) groups is 2. The average Bonchev–Trinajstić information content (AvgIpc) is 2.85. The molecule has 116 valence electrons. The summed E-state index contributed by atoms with van der Waals surface area (Å²) >= 11 is 0.